The lowest BCUT2D eigenvalue weighted by Gasteiger charge is -2.23. The molecule has 2 heterocycles. The van der Waals surface area contributed by atoms with E-state index in [1.807, 2.05) is 43.3 Å². The zero-order valence-electron chi connectivity index (χ0n) is 16.8. The molecular weight excluding hydrogens is 398 g/mol. The molecule has 10 nitrogen and oxygen atoms in total. The highest BCUT2D eigenvalue weighted by atomic mass is 16.5. The van der Waals surface area contributed by atoms with Gasteiger partial charge in [0, 0.05) is 11.8 Å². The Labute approximate surface area is 177 Å². The molecule has 4 aromatic rings. The standard InChI is InChI=1S/C21H21N7O3/c1-2-31-16-8-7-12-5-3-4-6-13(12)15(16)10-28(11-17(29)30)21-24-9-14-18(22)25-20(23)26-19(14)27-21/h3-9H,2,10-11H2,1H3,(H,29,30)(H4,22,23,24,25,26,27). The minimum Gasteiger partial charge on any atom is -0.494 e. The first-order valence-electron chi connectivity index (χ1n) is 9.62. The van der Waals surface area contributed by atoms with E-state index in [0.717, 1.165) is 16.3 Å². The number of nitrogens with two attached hydrogens (primary N) is 2. The van der Waals surface area contributed by atoms with Gasteiger partial charge in [-0.15, -0.1) is 0 Å². The van der Waals surface area contributed by atoms with Crippen LogP contribution in [0.3, 0.4) is 0 Å². The number of carboxylic acids is 1. The van der Waals surface area contributed by atoms with Gasteiger partial charge in [0.05, 0.1) is 18.5 Å². The van der Waals surface area contributed by atoms with E-state index >= 15 is 0 Å². The predicted octanol–water partition coefficient (Wildman–Crippen LogP) is 2.23. The Hall–Kier alpha value is -4.21. The Balaban J connectivity index is 1.82. The Morgan fingerprint density at radius 2 is 1.90 bits per heavy atom. The van der Waals surface area contributed by atoms with Crippen LogP contribution in [0.5, 0.6) is 5.75 Å². The number of benzene rings is 2. The number of carbonyl (C=O) groups is 1. The molecule has 0 bridgehead atoms. The monoisotopic (exact) mass is 419 g/mol. The third-order valence-electron chi connectivity index (χ3n) is 4.74. The summed E-state index contributed by atoms with van der Waals surface area (Å²) >= 11 is 0. The summed E-state index contributed by atoms with van der Waals surface area (Å²) in [6.07, 6.45) is 1.47. The molecule has 158 valence electrons. The summed E-state index contributed by atoms with van der Waals surface area (Å²) in [5, 5.41) is 11.9. The molecule has 5 N–H and O–H groups in total. The fraction of sp³-hybridized carbons (Fsp3) is 0.190. The third kappa shape index (κ3) is 4.08. The van der Waals surface area contributed by atoms with Crippen LogP contribution in [0, 0.1) is 0 Å². The molecule has 2 aromatic carbocycles. The maximum Gasteiger partial charge on any atom is 0.323 e. The molecule has 0 aliphatic heterocycles. The van der Waals surface area contributed by atoms with Crippen molar-refractivity contribution in [1.82, 2.24) is 19.9 Å². The van der Waals surface area contributed by atoms with E-state index in [2.05, 4.69) is 19.9 Å². The van der Waals surface area contributed by atoms with Crippen LogP contribution in [0.15, 0.2) is 42.6 Å². The normalized spacial score (nSPS) is 11.0. The van der Waals surface area contributed by atoms with Crippen molar-refractivity contribution >= 4 is 45.5 Å². The van der Waals surface area contributed by atoms with Crippen LogP contribution in [-0.2, 0) is 11.3 Å². The van der Waals surface area contributed by atoms with Crippen LogP contribution in [0.1, 0.15) is 12.5 Å². The largest absolute Gasteiger partial charge is 0.494 e. The maximum atomic E-state index is 11.6. The van der Waals surface area contributed by atoms with E-state index < -0.39 is 5.97 Å². The van der Waals surface area contributed by atoms with Crippen molar-refractivity contribution in [3.8, 4) is 5.75 Å². The quantitative estimate of drug-likeness (QED) is 0.406. The number of hydrogen-bond donors (Lipinski definition) is 3. The van der Waals surface area contributed by atoms with Crippen LogP contribution >= 0.6 is 0 Å². The molecule has 0 atom stereocenters. The zero-order chi connectivity index (χ0) is 22.0. The molecule has 0 aliphatic carbocycles. The minimum absolute atomic E-state index is 0.0212. The number of nitrogen functional groups attached to an aromatic ring is 2. The summed E-state index contributed by atoms with van der Waals surface area (Å²) in [5.74, 6) is -0.0294. The topological polar surface area (TPSA) is 153 Å². The second-order valence-corrected chi connectivity index (χ2v) is 6.82. The number of carboxylic acid groups (broad SMARTS) is 1. The van der Waals surface area contributed by atoms with Crippen LogP contribution in [0.2, 0.25) is 0 Å². The Kier molecular flexibility index (Phi) is 5.35. The molecule has 4 rings (SSSR count). The van der Waals surface area contributed by atoms with Crippen molar-refractivity contribution < 1.29 is 14.6 Å². The number of anilines is 3. The van der Waals surface area contributed by atoms with E-state index in [9.17, 15) is 9.90 Å². The fourth-order valence-corrected chi connectivity index (χ4v) is 3.42. The van der Waals surface area contributed by atoms with Gasteiger partial charge in [0.25, 0.3) is 0 Å². The number of aromatic nitrogens is 4. The zero-order valence-corrected chi connectivity index (χ0v) is 16.8. The van der Waals surface area contributed by atoms with Crippen LogP contribution in [-0.4, -0.2) is 44.2 Å². The second-order valence-electron chi connectivity index (χ2n) is 6.82. The van der Waals surface area contributed by atoms with E-state index in [-0.39, 0.29) is 36.5 Å². The number of nitrogens with zero attached hydrogens (tertiary/aromatic N) is 5. The Morgan fingerprint density at radius 3 is 2.68 bits per heavy atom. The number of ether oxygens (including phenoxy) is 1. The van der Waals surface area contributed by atoms with Crippen molar-refractivity contribution in [2.45, 2.75) is 13.5 Å². The summed E-state index contributed by atoms with van der Waals surface area (Å²) in [4.78, 5) is 29.9. The van der Waals surface area contributed by atoms with Gasteiger partial charge in [-0.3, -0.25) is 4.79 Å². The van der Waals surface area contributed by atoms with Crippen molar-refractivity contribution in [3.63, 3.8) is 0 Å². The first kappa shape index (κ1) is 20.1. The predicted molar refractivity (Wildman–Crippen MR) is 118 cm³/mol. The van der Waals surface area contributed by atoms with Crippen LogP contribution < -0.4 is 21.1 Å². The molecule has 10 heteroatoms. The molecule has 0 radical (unpaired) electrons. The number of aliphatic carboxylic acids is 1. The summed E-state index contributed by atoms with van der Waals surface area (Å²) in [6, 6.07) is 11.7. The van der Waals surface area contributed by atoms with E-state index in [1.54, 1.807) is 4.90 Å². The highest BCUT2D eigenvalue weighted by Gasteiger charge is 2.20. The third-order valence-corrected chi connectivity index (χ3v) is 4.74. The van der Waals surface area contributed by atoms with Gasteiger partial charge in [-0.25, -0.2) is 4.98 Å². The van der Waals surface area contributed by atoms with E-state index in [4.69, 9.17) is 16.2 Å². The molecule has 0 amide bonds. The molecule has 0 fully saturated rings. The highest BCUT2D eigenvalue weighted by molar-refractivity contribution is 5.89. The number of hydrogen-bond acceptors (Lipinski definition) is 9. The van der Waals surface area contributed by atoms with Gasteiger partial charge in [-0.2, -0.15) is 15.0 Å². The molecule has 2 aromatic heterocycles. The van der Waals surface area contributed by atoms with E-state index in [0.29, 0.717) is 17.7 Å². The van der Waals surface area contributed by atoms with Gasteiger partial charge in [0.15, 0.2) is 5.65 Å². The Bertz CT molecular complexity index is 1280. The second kappa shape index (κ2) is 8.27. The van der Waals surface area contributed by atoms with E-state index in [1.165, 1.54) is 6.20 Å². The molecule has 0 unspecified atom stereocenters. The van der Waals surface area contributed by atoms with Crippen molar-refractivity contribution in [2.24, 2.45) is 0 Å². The van der Waals surface area contributed by atoms with Gasteiger partial charge in [0.2, 0.25) is 11.9 Å². The fourth-order valence-electron chi connectivity index (χ4n) is 3.42. The van der Waals surface area contributed by atoms with Crippen molar-refractivity contribution in [3.05, 3.63) is 48.2 Å². The summed E-state index contributed by atoms with van der Waals surface area (Å²) in [7, 11) is 0. The molecule has 0 aliphatic rings. The Morgan fingerprint density at radius 1 is 1.10 bits per heavy atom. The van der Waals surface area contributed by atoms with Crippen LogP contribution in [0.25, 0.3) is 21.8 Å². The smallest absolute Gasteiger partial charge is 0.323 e. The first-order valence-corrected chi connectivity index (χ1v) is 9.62. The minimum atomic E-state index is -1.02. The molecule has 0 saturated heterocycles. The average Bonchev–Trinajstić information content (AvgIpc) is 2.74. The van der Waals surface area contributed by atoms with Crippen molar-refractivity contribution in [2.75, 3.05) is 29.5 Å². The summed E-state index contributed by atoms with van der Waals surface area (Å²) in [5.41, 5.74) is 12.6. The van der Waals surface area contributed by atoms with Gasteiger partial charge in [0.1, 0.15) is 18.1 Å². The lowest BCUT2D eigenvalue weighted by atomic mass is 10.0. The maximum absolute atomic E-state index is 11.6. The van der Waals surface area contributed by atoms with Gasteiger partial charge in [-0.1, -0.05) is 30.3 Å². The summed E-state index contributed by atoms with van der Waals surface area (Å²) in [6.45, 7) is 2.27. The molecule has 31 heavy (non-hydrogen) atoms. The van der Waals surface area contributed by atoms with Gasteiger partial charge < -0.3 is 26.2 Å². The number of rotatable bonds is 7. The molecule has 0 spiro atoms. The number of fused-ring (bicyclic) bond motifs is 2. The SMILES string of the molecule is CCOc1ccc2ccccc2c1CN(CC(=O)O)c1ncc2c(N)nc(N)nc2n1. The molecule has 0 saturated carbocycles. The highest BCUT2D eigenvalue weighted by Crippen LogP contribution is 2.30. The van der Waals surface area contributed by atoms with Crippen molar-refractivity contribution in [1.29, 1.82) is 0 Å². The lowest BCUT2D eigenvalue weighted by Crippen LogP contribution is -2.31. The summed E-state index contributed by atoms with van der Waals surface area (Å²) < 4.78 is 5.82. The van der Waals surface area contributed by atoms with Crippen LogP contribution in [0.4, 0.5) is 17.7 Å². The lowest BCUT2D eigenvalue weighted by molar-refractivity contribution is -0.135. The van der Waals surface area contributed by atoms with Gasteiger partial charge >= 0.3 is 5.97 Å². The first-order chi connectivity index (χ1) is 15.0. The average molecular weight is 419 g/mol. The molecular formula is C21H21N7O3. The van der Waals surface area contributed by atoms with Gasteiger partial charge in [-0.05, 0) is 23.8 Å².